The minimum Gasteiger partial charge on any atom is -0.457 e. The number of ether oxygens (including phenoxy) is 1. The van der Waals surface area contributed by atoms with E-state index in [2.05, 4.69) is 0 Å². The number of benzene rings is 3. The molecule has 3 aromatic carbocycles. The lowest BCUT2D eigenvalue weighted by Gasteiger charge is -2.54. The number of rotatable bonds is 9. The molecule has 0 saturated carbocycles. The van der Waals surface area contributed by atoms with Crippen LogP contribution in [0.1, 0.15) is 58.3 Å². The number of halogens is 3. The van der Waals surface area contributed by atoms with Gasteiger partial charge in [0.2, 0.25) is 11.8 Å². The van der Waals surface area contributed by atoms with Crippen LogP contribution >= 0.6 is 23.2 Å². The molecular formula is C32H26Cl2FNO5. The first-order chi connectivity index (χ1) is 19.7. The van der Waals surface area contributed by atoms with Gasteiger partial charge in [-0.2, -0.15) is 0 Å². The van der Waals surface area contributed by atoms with Gasteiger partial charge in [0.1, 0.15) is 15.6 Å². The summed E-state index contributed by atoms with van der Waals surface area (Å²) in [4.78, 5) is 50.7. The zero-order valence-electron chi connectivity index (χ0n) is 21.9. The van der Waals surface area contributed by atoms with Crippen LogP contribution in [0.2, 0.25) is 0 Å². The van der Waals surface area contributed by atoms with Crippen molar-refractivity contribution in [1.82, 2.24) is 4.90 Å². The number of Topliss-reactive ketones (excluding diaryl/α,β-unsaturated/α-hetero) is 1. The van der Waals surface area contributed by atoms with Gasteiger partial charge in [0, 0.05) is 18.5 Å². The Bertz CT molecular complexity index is 1450. The van der Waals surface area contributed by atoms with Crippen LogP contribution < -0.4 is 0 Å². The van der Waals surface area contributed by atoms with Gasteiger partial charge >= 0.3 is 5.97 Å². The highest BCUT2D eigenvalue weighted by atomic mass is 35.5. The summed E-state index contributed by atoms with van der Waals surface area (Å²) in [5.74, 6) is -3.72. The minimum absolute atomic E-state index is 0.0873. The monoisotopic (exact) mass is 593 g/mol. The summed E-state index contributed by atoms with van der Waals surface area (Å²) in [5.41, 5.74) is 3.30. The summed E-state index contributed by atoms with van der Waals surface area (Å²) < 4.78 is 18.1. The normalized spacial score (nSPS) is 25.5. The molecule has 0 N–H and O–H groups in total. The fourth-order valence-electron chi connectivity index (χ4n) is 6.60. The van der Waals surface area contributed by atoms with Crippen molar-refractivity contribution in [2.75, 3.05) is 13.2 Å². The van der Waals surface area contributed by atoms with Crippen LogP contribution in [0.15, 0.2) is 72.8 Å². The Labute approximate surface area is 246 Å². The van der Waals surface area contributed by atoms with E-state index in [1.165, 1.54) is 29.2 Å². The van der Waals surface area contributed by atoms with Crippen LogP contribution in [0.25, 0.3) is 0 Å². The largest absolute Gasteiger partial charge is 0.457 e. The van der Waals surface area contributed by atoms with Crippen molar-refractivity contribution in [3.05, 3.63) is 106 Å². The molecule has 0 radical (unpaired) electrons. The van der Waals surface area contributed by atoms with E-state index in [1.54, 1.807) is 0 Å². The summed E-state index contributed by atoms with van der Waals surface area (Å²) >= 11 is 14.8. The predicted molar refractivity (Wildman–Crippen MR) is 150 cm³/mol. The molecule has 6 nitrogen and oxygen atoms in total. The Morgan fingerprint density at radius 2 is 1.24 bits per heavy atom. The maximum atomic E-state index is 13.8. The van der Waals surface area contributed by atoms with Gasteiger partial charge in [0.05, 0.1) is 11.8 Å². The molecule has 0 aromatic heterocycles. The Kier molecular flexibility index (Phi) is 6.99. The number of likely N-dealkylation sites (tertiary alicyclic amines) is 1. The third kappa shape index (κ3) is 4.20. The molecule has 0 spiro atoms. The molecule has 3 aromatic rings. The summed E-state index contributed by atoms with van der Waals surface area (Å²) in [6.07, 6.45) is 1.60. The molecule has 0 unspecified atom stereocenters. The van der Waals surface area contributed by atoms with Gasteiger partial charge in [-0.3, -0.25) is 24.1 Å². The molecule has 4 aliphatic rings. The Morgan fingerprint density at radius 1 is 0.756 bits per heavy atom. The summed E-state index contributed by atoms with van der Waals surface area (Å²) in [7, 11) is 0. The maximum absolute atomic E-state index is 13.8. The van der Waals surface area contributed by atoms with Crippen LogP contribution in [0.4, 0.5) is 4.39 Å². The molecule has 2 amide bonds. The highest BCUT2D eigenvalue weighted by Crippen LogP contribution is 2.69. The van der Waals surface area contributed by atoms with E-state index >= 15 is 0 Å². The third-order valence-electron chi connectivity index (χ3n) is 8.47. The summed E-state index contributed by atoms with van der Waals surface area (Å²) in [6.45, 7) is -0.232. The highest BCUT2D eigenvalue weighted by Gasteiger charge is 2.72. The van der Waals surface area contributed by atoms with Crippen molar-refractivity contribution in [3.63, 3.8) is 0 Å². The zero-order valence-corrected chi connectivity index (χ0v) is 23.5. The van der Waals surface area contributed by atoms with Gasteiger partial charge in [-0.15, -0.1) is 23.2 Å². The zero-order chi connectivity index (χ0) is 28.9. The van der Waals surface area contributed by atoms with Gasteiger partial charge < -0.3 is 4.74 Å². The number of imide groups is 1. The Balaban J connectivity index is 1.08. The smallest absolute Gasteiger partial charge is 0.306 e. The fourth-order valence-corrected chi connectivity index (χ4v) is 7.70. The standard InChI is InChI=1S/C32H26Cl2FNO5/c33-31-21-8-3-4-9-22(21)32(34,24-11-6-5-10-23(24)31)28-27(31)29(39)36(30(28)40)17-7-1-2-12-26(38)41-18-25(37)19-13-15-20(35)16-14-19/h3-6,8-11,13-16,27-28H,1-2,7,12,17-18H2/t27-,28-,31?,32?/m1/s1. The average Bonchev–Trinajstić information content (AvgIpc) is 3.25. The first-order valence-electron chi connectivity index (χ1n) is 13.6. The molecule has 1 fully saturated rings. The highest BCUT2D eigenvalue weighted by molar-refractivity contribution is 6.36. The van der Waals surface area contributed by atoms with Crippen LogP contribution in [0.5, 0.6) is 0 Å². The number of hydrogen-bond acceptors (Lipinski definition) is 5. The second kappa shape index (κ2) is 10.4. The first kappa shape index (κ1) is 27.6. The summed E-state index contributed by atoms with van der Waals surface area (Å²) in [6, 6.07) is 20.0. The molecule has 1 heterocycles. The number of alkyl halides is 2. The number of ketones is 1. The molecule has 3 aliphatic carbocycles. The number of esters is 1. The van der Waals surface area contributed by atoms with Crippen molar-refractivity contribution < 1.29 is 28.3 Å². The third-order valence-corrected chi connectivity index (χ3v) is 9.75. The number of amides is 2. The second-order valence-electron chi connectivity index (χ2n) is 10.7. The quantitative estimate of drug-likeness (QED) is 0.104. The van der Waals surface area contributed by atoms with Crippen LogP contribution in [-0.2, 0) is 28.9 Å². The fraction of sp³-hybridized carbons (Fsp3) is 0.312. The molecule has 7 rings (SSSR count). The van der Waals surface area contributed by atoms with Gasteiger partial charge in [0.25, 0.3) is 0 Å². The topological polar surface area (TPSA) is 80.8 Å². The van der Waals surface area contributed by atoms with Gasteiger partial charge in [-0.1, -0.05) is 55.0 Å². The number of nitrogens with zero attached hydrogens (tertiary/aromatic N) is 1. The number of carbonyl (C=O) groups is 4. The Hall–Kier alpha value is -3.55. The van der Waals surface area contributed by atoms with Crippen molar-refractivity contribution in [2.45, 2.75) is 35.4 Å². The molecule has 2 atom stereocenters. The molecule has 1 aliphatic heterocycles. The Morgan fingerprint density at radius 3 is 1.73 bits per heavy atom. The lowest BCUT2D eigenvalue weighted by atomic mass is 9.54. The maximum Gasteiger partial charge on any atom is 0.306 e. The lowest BCUT2D eigenvalue weighted by molar-refractivity contribution is -0.143. The van der Waals surface area contributed by atoms with Crippen molar-refractivity contribution in [2.24, 2.45) is 11.8 Å². The molecule has 1 saturated heterocycles. The lowest BCUT2D eigenvalue weighted by Crippen LogP contribution is -2.57. The van der Waals surface area contributed by atoms with Gasteiger partial charge in [0.15, 0.2) is 12.4 Å². The predicted octanol–water partition coefficient (Wildman–Crippen LogP) is 5.71. The van der Waals surface area contributed by atoms with Gasteiger partial charge in [-0.25, -0.2) is 4.39 Å². The molecule has 9 heteroatoms. The molecular weight excluding hydrogens is 568 g/mol. The van der Waals surface area contributed by atoms with E-state index in [9.17, 15) is 23.6 Å². The number of carbonyl (C=O) groups excluding carboxylic acids is 4. The molecule has 210 valence electrons. The molecule has 2 bridgehead atoms. The number of unbranched alkanes of at least 4 members (excludes halogenated alkanes) is 2. The average molecular weight is 594 g/mol. The van der Waals surface area contributed by atoms with E-state index < -0.39 is 45.8 Å². The van der Waals surface area contributed by atoms with E-state index in [0.717, 1.165) is 22.3 Å². The van der Waals surface area contributed by atoms with E-state index in [4.69, 9.17) is 27.9 Å². The van der Waals surface area contributed by atoms with E-state index in [-0.39, 0.29) is 30.3 Å². The van der Waals surface area contributed by atoms with Crippen LogP contribution in [0, 0.1) is 17.7 Å². The van der Waals surface area contributed by atoms with Crippen molar-refractivity contribution in [1.29, 1.82) is 0 Å². The first-order valence-corrected chi connectivity index (χ1v) is 14.3. The number of hydrogen-bond donors (Lipinski definition) is 0. The van der Waals surface area contributed by atoms with E-state index in [1.807, 2.05) is 48.5 Å². The molecule has 41 heavy (non-hydrogen) atoms. The SMILES string of the molecule is O=C(CCCCCN1C(=O)[C@H]2[C@H](C1=O)C1(Cl)c3ccccc3C2(Cl)c2ccccc21)OCC(=O)c1ccc(F)cc1. The van der Waals surface area contributed by atoms with Crippen LogP contribution in [0.3, 0.4) is 0 Å². The minimum atomic E-state index is -1.20. The van der Waals surface area contributed by atoms with Crippen molar-refractivity contribution >= 4 is 46.8 Å². The second-order valence-corrected chi connectivity index (χ2v) is 11.9. The van der Waals surface area contributed by atoms with Gasteiger partial charge in [-0.05, 0) is 59.4 Å². The van der Waals surface area contributed by atoms with Crippen LogP contribution in [-0.4, -0.2) is 41.6 Å². The van der Waals surface area contributed by atoms with Crippen molar-refractivity contribution in [3.8, 4) is 0 Å². The summed E-state index contributed by atoms with van der Waals surface area (Å²) in [5, 5.41) is 0. The van der Waals surface area contributed by atoms with E-state index in [0.29, 0.717) is 19.3 Å².